The first kappa shape index (κ1) is 24.4. The van der Waals surface area contributed by atoms with Crippen molar-refractivity contribution < 1.29 is 19.8 Å². The minimum atomic E-state index is -0.708. The van der Waals surface area contributed by atoms with Crippen LogP contribution in [0.1, 0.15) is 100 Å². The van der Waals surface area contributed by atoms with Crippen LogP contribution in [0.4, 0.5) is 0 Å². The van der Waals surface area contributed by atoms with Crippen LogP contribution in [0, 0.1) is 24.7 Å². The van der Waals surface area contributed by atoms with E-state index in [4.69, 9.17) is 0 Å². The predicted octanol–water partition coefficient (Wildman–Crippen LogP) is 6.48. The van der Waals surface area contributed by atoms with Crippen LogP contribution in [-0.4, -0.2) is 22.2 Å². The Morgan fingerprint density at radius 3 is 2.17 bits per heavy atom. The standard InChI is InChI=1S/C26H40O4/c1-19-13-14-21(11-7-5-6-9-15-25(3,4)23(27)28)20(2)22(19)12-8-10-16-26(17-18-26)24(29)30/h13-14H,5-12,15-18H2,1-4H3,(H,27,28)(H,29,30). The molecule has 1 aliphatic rings. The Labute approximate surface area is 182 Å². The quantitative estimate of drug-likeness (QED) is 0.340. The maximum absolute atomic E-state index is 11.3. The molecule has 0 heterocycles. The van der Waals surface area contributed by atoms with Gasteiger partial charge in [0.05, 0.1) is 10.8 Å². The van der Waals surface area contributed by atoms with Gasteiger partial charge < -0.3 is 10.2 Å². The molecule has 0 unspecified atom stereocenters. The van der Waals surface area contributed by atoms with Crippen LogP contribution in [0.3, 0.4) is 0 Å². The van der Waals surface area contributed by atoms with Crippen molar-refractivity contribution in [3.05, 3.63) is 34.4 Å². The van der Waals surface area contributed by atoms with E-state index in [0.717, 1.165) is 77.0 Å². The van der Waals surface area contributed by atoms with Gasteiger partial charge in [-0.15, -0.1) is 0 Å². The molecule has 30 heavy (non-hydrogen) atoms. The Hall–Kier alpha value is -1.84. The molecule has 0 aliphatic heterocycles. The first-order valence-electron chi connectivity index (χ1n) is 11.6. The molecule has 2 rings (SSSR count). The number of benzene rings is 1. The zero-order valence-corrected chi connectivity index (χ0v) is 19.4. The number of carboxylic acids is 2. The predicted molar refractivity (Wildman–Crippen MR) is 121 cm³/mol. The summed E-state index contributed by atoms with van der Waals surface area (Å²) in [6.45, 7) is 8.01. The van der Waals surface area contributed by atoms with Crippen molar-refractivity contribution in [3.63, 3.8) is 0 Å². The van der Waals surface area contributed by atoms with E-state index in [-0.39, 0.29) is 0 Å². The molecule has 0 aromatic heterocycles. The van der Waals surface area contributed by atoms with Crippen molar-refractivity contribution in [2.24, 2.45) is 10.8 Å². The number of hydrogen-bond donors (Lipinski definition) is 2. The number of rotatable bonds is 14. The zero-order chi connectivity index (χ0) is 22.4. The molecule has 4 heteroatoms. The molecule has 4 nitrogen and oxygen atoms in total. The maximum Gasteiger partial charge on any atom is 0.309 e. The van der Waals surface area contributed by atoms with E-state index >= 15 is 0 Å². The first-order valence-corrected chi connectivity index (χ1v) is 11.6. The highest BCUT2D eigenvalue weighted by atomic mass is 16.4. The van der Waals surface area contributed by atoms with Gasteiger partial charge in [0.15, 0.2) is 0 Å². The second-order valence-electron chi connectivity index (χ2n) is 10.0. The van der Waals surface area contributed by atoms with E-state index in [1.54, 1.807) is 13.8 Å². The number of carbonyl (C=O) groups is 2. The summed E-state index contributed by atoms with van der Waals surface area (Å²) < 4.78 is 0. The van der Waals surface area contributed by atoms with Gasteiger partial charge in [-0.3, -0.25) is 9.59 Å². The molecule has 0 radical (unpaired) electrons. The van der Waals surface area contributed by atoms with Gasteiger partial charge in [0.25, 0.3) is 0 Å². The van der Waals surface area contributed by atoms with Crippen LogP contribution >= 0.6 is 0 Å². The second-order valence-corrected chi connectivity index (χ2v) is 10.0. The monoisotopic (exact) mass is 416 g/mol. The number of unbranched alkanes of at least 4 members (excludes halogenated alkanes) is 4. The number of aryl methyl sites for hydroxylation is 2. The van der Waals surface area contributed by atoms with Crippen LogP contribution in [0.25, 0.3) is 0 Å². The molecule has 168 valence electrons. The fourth-order valence-electron chi connectivity index (χ4n) is 4.43. The Morgan fingerprint density at radius 1 is 0.933 bits per heavy atom. The summed E-state index contributed by atoms with van der Waals surface area (Å²) in [5.74, 6) is -1.32. The molecule has 0 amide bonds. The van der Waals surface area contributed by atoms with Crippen LogP contribution < -0.4 is 0 Å². The van der Waals surface area contributed by atoms with Crippen molar-refractivity contribution in [1.29, 1.82) is 0 Å². The second kappa shape index (κ2) is 10.5. The van der Waals surface area contributed by atoms with Gasteiger partial charge in [-0.05, 0) is 101 Å². The average molecular weight is 417 g/mol. The van der Waals surface area contributed by atoms with Crippen molar-refractivity contribution in [2.75, 3.05) is 0 Å². The summed E-state index contributed by atoms with van der Waals surface area (Å²) in [5, 5.41) is 18.5. The lowest BCUT2D eigenvalue weighted by Crippen LogP contribution is -2.23. The van der Waals surface area contributed by atoms with E-state index in [0.29, 0.717) is 0 Å². The first-order chi connectivity index (χ1) is 14.1. The lowest BCUT2D eigenvalue weighted by Gasteiger charge is -2.18. The molecular weight excluding hydrogens is 376 g/mol. The van der Waals surface area contributed by atoms with E-state index in [9.17, 15) is 19.8 Å². The lowest BCUT2D eigenvalue weighted by molar-refractivity contribution is -0.147. The summed E-state index contributed by atoms with van der Waals surface area (Å²) >= 11 is 0. The Balaban J connectivity index is 1.75. The van der Waals surface area contributed by atoms with Gasteiger partial charge in [-0.25, -0.2) is 0 Å². The highest BCUT2D eigenvalue weighted by Crippen LogP contribution is 2.50. The molecule has 0 bridgehead atoms. The van der Waals surface area contributed by atoms with Gasteiger partial charge in [-0.1, -0.05) is 37.8 Å². The number of aliphatic carboxylic acids is 2. The topological polar surface area (TPSA) is 74.6 Å². The molecule has 2 N–H and O–H groups in total. The van der Waals surface area contributed by atoms with Crippen molar-refractivity contribution in [1.82, 2.24) is 0 Å². The zero-order valence-electron chi connectivity index (χ0n) is 19.4. The van der Waals surface area contributed by atoms with Gasteiger partial charge in [0.1, 0.15) is 0 Å². The minimum Gasteiger partial charge on any atom is -0.481 e. The number of carboxylic acid groups (broad SMARTS) is 2. The van der Waals surface area contributed by atoms with Crippen LogP contribution in [0.2, 0.25) is 0 Å². The van der Waals surface area contributed by atoms with Crippen LogP contribution in [0.15, 0.2) is 12.1 Å². The summed E-state index contributed by atoms with van der Waals surface area (Å²) in [5.41, 5.74) is 4.59. The Morgan fingerprint density at radius 2 is 1.57 bits per heavy atom. The molecule has 0 saturated heterocycles. The summed E-state index contributed by atoms with van der Waals surface area (Å²) in [6.07, 6.45) is 11.7. The van der Waals surface area contributed by atoms with Crippen molar-refractivity contribution in [3.8, 4) is 0 Å². The van der Waals surface area contributed by atoms with Crippen molar-refractivity contribution >= 4 is 11.9 Å². The third-order valence-electron chi connectivity index (χ3n) is 7.16. The maximum atomic E-state index is 11.3. The third-order valence-corrected chi connectivity index (χ3v) is 7.16. The van der Waals surface area contributed by atoms with Gasteiger partial charge in [0.2, 0.25) is 0 Å². The highest BCUT2D eigenvalue weighted by molar-refractivity contribution is 5.77. The van der Waals surface area contributed by atoms with Crippen molar-refractivity contribution in [2.45, 2.75) is 105 Å². The number of hydrogen-bond acceptors (Lipinski definition) is 2. The van der Waals surface area contributed by atoms with Gasteiger partial charge in [-0.2, -0.15) is 0 Å². The molecule has 1 aliphatic carbocycles. The largest absolute Gasteiger partial charge is 0.481 e. The lowest BCUT2D eigenvalue weighted by atomic mass is 9.87. The summed E-state index contributed by atoms with van der Waals surface area (Å²) in [7, 11) is 0. The Bertz CT molecular complexity index is 744. The fourth-order valence-corrected chi connectivity index (χ4v) is 4.43. The molecule has 1 aromatic carbocycles. The third kappa shape index (κ3) is 6.58. The molecular formula is C26H40O4. The molecule has 1 fully saturated rings. The average Bonchev–Trinajstić information content (AvgIpc) is 3.46. The SMILES string of the molecule is Cc1ccc(CCCCCCC(C)(C)C(=O)O)c(C)c1CCCCC1(C(=O)O)CC1. The van der Waals surface area contributed by atoms with E-state index in [1.165, 1.54) is 22.3 Å². The highest BCUT2D eigenvalue weighted by Gasteiger charge is 2.49. The Kier molecular flexibility index (Phi) is 8.52. The van der Waals surface area contributed by atoms with E-state index < -0.39 is 22.8 Å². The molecule has 1 aromatic rings. The molecule has 1 saturated carbocycles. The summed E-state index contributed by atoms with van der Waals surface area (Å²) in [4.78, 5) is 22.5. The van der Waals surface area contributed by atoms with Crippen LogP contribution in [-0.2, 0) is 22.4 Å². The summed E-state index contributed by atoms with van der Waals surface area (Å²) in [6, 6.07) is 4.48. The van der Waals surface area contributed by atoms with Gasteiger partial charge >= 0.3 is 11.9 Å². The van der Waals surface area contributed by atoms with E-state index in [2.05, 4.69) is 26.0 Å². The molecule has 0 atom stereocenters. The molecule has 0 spiro atoms. The van der Waals surface area contributed by atoms with E-state index in [1.807, 2.05) is 0 Å². The normalized spacial score (nSPS) is 15.2. The van der Waals surface area contributed by atoms with Gasteiger partial charge in [0, 0.05) is 0 Å². The van der Waals surface area contributed by atoms with Crippen LogP contribution in [0.5, 0.6) is 0 Å². The smallest absolute Gasteiger partial charge is 0.309 e. The minimum absolute atomic E-state index is 0.397. The fraction of sp³-hybridized carbons (Fsp3) is 0.692.